The average molecular weight is 376 g/mol. The number of benzene rings is 1. The Kier molecular flexibility index (Phi) is 4.88. The summed E-state index contributed by atoms with van der Waals surface area (Å²) in [7, 11) is 0. The van der Waals surface area contributed by atoms with Crippen LogP contribution < -0.4 is 15.6 Å². The highest BCUT2D eigenvalue weighted by Crippen LogP contribution is 2.24. The number of hydrogen-bond acceptors (Lipinski definition) is 5. The molecule has 1 amide bonds. The first kappa shape index (κ1) is 18.1. The van der Waals surface area contributed by atoms with Gasteiger partial charge in [-0.2, -0.15) is 0 Å². The number of nitrogens with zero attached hydrogens (tertiary/aromatic N) is 3. The fourth-order valence-corrected chi connectivity index (χ4v) is 2.18. The lowest BCUT2D eigenvalue weighted by molar-refractivity contribution is -0.274. The van der Waals surface area contributed by atoms with E-state index in [-0.39, 0.29) is 16.8 Å². The van der Waals surface area contributed by atoms with Crippen LogP contribution in [0, 0.1) is 0 Å². The third-order valence-electron chi connectivity index (χ3n) is 3.34. The molecule has 7 nitrogen and oxygen atoms in total. The minimum atomic E-state index is -4.79. The Balaban J connectivity index is 1.78. The number of halogens is 3. The highest BCUT2D eigenvalue weighted by molar-refractivity contribution is 6.04. The summed E-state index contributed by atoms with van der Waals surface area (Å²) in [5.41, 5.74) is 0.421. The molecule has 0 aliphatic carbocycles. The third-order valence-corrected chi connectivity index (χ3v) is 3.34. The number of carbonyl (C=O) groups excluding carboxylic acids is 1. The molecule has 0 bridgehead atoms. The van der Waals surface area contributed by atoms with Gasteiger partial charge in [-0.3, -0.25) is 14.2 Å². The van der Waals surface area contributed by atoms with Gasteiger partial charge in [0.05, 0.1) is 23.6 Å². The maximum atomic E-state index is 12.4. The van der Waals surface area contributed by atoms with E-state index in [1.54, 1.807) is 0 Å². The second-order valence-corrected chi connectivity index (χ2v) is 5.25. The summed E-state index contributed by atoms with van der Waals surface area (Å²) < 4.78 is 41.4. The van der Waals surface area contributed by atoms with Crippen molar-refractivity contribution in [2.24, 2.45) is 0 Å². The Morgan fingerprint density at radius 2 is 1.70 bits per heavy atom. The molecule has 10 heteroatoms. The van der Waals surface area contributed by atoms with E-state index in [4.69, 9.17) is 0 Å². The van der Waals surface area contributed by atoms with Crippen molar-refractivity contribution in [3.63, 3.8) is 0 Å². The summed E-state index contributed by atoms with van der Waals surface area (Å²) in [5, 5.41) is 2.52. The first-order chi connectivity index (χ1) is 12.8. The maximum Gasteiger partial charge on any atom is 0.573 e. The van der Waals surface area contributed by atoms with Crippen LogP contribution in [-0.2, 0) is 0 Å². The number of alkyl halides is 3. The van der Waals surface area contributed by atoms with Crippen molar-refractivity contribution in [1.82, 2.24) is 14.5 Å². The second-order valence-electron chi connectivity index (χ2n) is 5.25. The first-order valence-corrected chi connectivity index (χ1v) is 7.47. The molecule has 138 valence electrons. The van der Waals surface area contributed by atoms with E-state index in [1.165, 1.54) is 53.8 Å². The molecule has 1 N–H and O–H groups in total. The standard InChI is InChI=1S/C17H11F3N4O3/c18-17(19,20)27-14-4-2-12(3-5-14)23-16(26)11-1-6-15(25)24(9-11)13-7-21-10-22-8-13/h1-10H,(H,23,26). The summed E-state index contributed by atoms with van der Waals surface area (Å²) >= 11 is 0. The molecule has 3 aromatic rings. The molecule has 0 aliphatic rings. The molecular weight excluding hydrogens is 365 g/mol. The van der Waals surface area contributed by atoms with E-state index in [9.17, 15) is 22.8 Å². The lowest BCUT2D eigenvalue weighted by Crippen LogP contribution is -2.21. The zero-order chi connectivity index (χ0) is 19.4. The Morgan fingerprint density at radius 3 is 2.33 bits per heavy atom. The normalized spacial score (nSPS) is 11.1. The Labute approximate surface area is 150 Å². The Bertz CT molecular complexity index is 1000. The number of carbonyl (C=O) groups is 1. The molecule has 0 fully saturated rings. The highest BCUT2D eigenvalue weighted by atomic mass is 19.4. The van der Waals surface area contributed by atoms with Crippen LogP contribution in [0.15, 0.2) is 66.1 Å². The van der Waals surface area contributed by atoms with Crippen molar-refractivity contribution in [3.05, 3.63) is 77.2 Å². The average Bonchev–Trinajstić information content (AvgIpc) is 2.63. The predicted molar refractivity (Wildman–Crippen MR) is 88.7 cm³/mol. The number of ether oxygens (including phenoxy) is 1. The quantitative estimate of drug-likeness (QED) is 0.757. The molecule has 2 aromatic heterocycles. The van der Waals surface area contributed by atoms with Crippen molar-refractivity contribution in [3.8, 4) is 11.4 Å². The number of anilines is 1. The summed E-state index contributed by atoms with van der Waals surface area (Å²) in [6.45, 7) is 0. The van der Waals surface area contributed by atoms with Crippen molar-refractivity contribution < 1.29 is 22.7 Å². The monoisotopic (exact) mass is 376 g/mol. The smallest absolute Gasteiger partial charge is 0.406 e. The van der Waals surface area contributed by atoms with Crippen molar-refractivity contribution in [2.75, 3.05) is 5.32 Å². The summed E-state index contributed by atoms with van der Waals surface area (Å²) in [6.07, 6.45) is 0.652. The topological polar surface area (TPSA) is 86.1 Å². The summed E-state index contributed by atoms with van der Waals surface area (Å²) in [6, 6.07) is 7.22. The fraction of sp³-hybridized carbons (Fsp3) is 0.0588. The SMILES string of the molecule is O=C(Nc1ccc(OC(F)(F)F)cc1)c1ccc(=O)n(-c2cncnc2)c1. The third kappa shape index (κ3) is 4.69. The van der Waals surface area contributed by atoms with E-state index < -0.39 is 18.0 Å². The zero-order valence-corrected chi connectivity index (χ0v) is 13.5. The van der Waals surface area contributed by atoms with Crippen LogP contribution in [0.2, 0.25) is 0 Å². The van der Waals surface area contributed by atoms with E-state index in [2.05, 4.69) is 20.0 Å². The van der Waals surface area contributed by atoms with Crippen LogP contribution in [0.25, 0.3) is 5.69 Å². The second kappa shape index (κ2) is 7.28. The molecule has 0 saturated carbocycles. The van der Waals surface area contributed by atoms with Crippen molar-refractivity contribution >= 4 is 11.6 Å². The molecule has 0 atom stereocenters. The molecule has 0 spiro atoms. The molecule has 27 heavy (non-hydrogen) atoms. The van der Waals surface area contributed by atoms with Gasteiger partial charge < -0.3 is 10.1 Å². The molecular formula is C17H11F3N4O3. The van der Waals surface area contributed by atoms with Gasteiger partial charge in [-0.05, 0) is 30.3 Å². The molecule has 0 unspecified atom stereocenters. The molecule has 3 rings (SSSR count). The van der Waals surface area contributed by atoms with E-state index in [0.717, 1.165) is 12.1 Å². The van der Waals surface area contributed by atoms with E-state index in [0.29, 0.717) is 5.69 Å². The minimum absolute atomic E-state index is 0.161. The van der Waals surface area contributed by atoms with Crippen LogP contribution in [0.3, 0.4) is 0 Å². The van der Waals surface area contributed by atoms with Gasteiger partial charge in [0.25, 0.3) is 11.5 Å². The molecule has 0 radical (unpaired) electrons. The highest BCUT2D eigenvalue weighted by Gasteiger charge is 2.30. The zero-order valence-electron chi connectivity index (χ0n) is 13.5. The first-order valence-electron chi connectivity index (χ1n) is 7.47. The molecule has 0 aliphatic heterocycles. The summed E-state index contributed by atoms with van der Waals surface area (Å²) in [4.78, 5) is 32.0. The molecule has 0 saturated heterocycles. The predicted octanol–water partition coefficient (Wildman–Crippen LogP) is 2.78. The van der Waals surface area contributed by atoms with E-state index in [1.807, 2.05) is 0 Å². The number of aromatic nitrogens is 3. The van der Waals surface area contributed by atoms with Crippen LogP contribution in [0.1, 0.15) is 10.4 Å². The maximum absolute atomic E-state index is 12.4. The fourth-order valence-electron chi connectivity index (χ4n) is 2.18. The van der Waals surface area contributed by atoms with Gasteiger partial charge in [-0.15, -0.1) is 13.2 Å². The van der Waals surface area contributed by atoms with Crippen molar-refractivity contribution in [2.45, 2.75) is 6.36 Å². The molecule has 1 aromatic carbocycles. The van der Waals surface area contributed by atoms with Crippen LogP contribution in [0.5, 0.6) is 5.75 Å². The number of rotatable bonds is 4. The Hall–Kier alpha value is -3.69. The van der Waals surface area contributed by atoms with Crippen LogP contribution in [-0.4, -0.2) is 26.8 Å². The van der Waals surface area contributed by atoms with Crippen LogP contribution in [0.4, 0.5) is 18.9 Å². The van der Waals surface area contributed by atoms with Gasteiger partial charge in [0.1, 0.15) is 12.1 Å². The van der Waals surface area contributed by atoms with Gasteiger partial charge in [-0.1, -0.05) is 0 Å². The van der Waals surface area contributed by atoms with Crippen molar-refractivity contribution in [1.29, 1.82) is 0 Å². The Morgan fingerprint density at radius 1 is 1.04 bits per heavy atom. The van der Waals surface area contributed by atoms with Crippen LogP contribution >= 0.6 is 0 Å². The number of nitrogens with one attached hydrogen (secondary N) is 1. The van der Waals surface area contributed by atoms with E-state index >= 15 is 0 Å². The number of pyridine rings is 1. The minimum Gasteiger partial charge on any atom is -0.406 e. The molecule has 2 heterocycles. The lowest BCUT2D eigenvalue weighted by atomic mass is 10.2. The van der Waals surface area contributed by atoms with Gasteiger partial charge in [0.15, 0.2) is 0 Å². The number of amides is 1. The largest absolute Gasteiger partial charge is 0.573 e. The van der Waals surface area contributed by atoms with Gasteiger partial charge in [0.2, 0.25) is 0 Å². The van der Waals surface area contributed by atoms with Gasteiger partial charge >= 0.3 is 6.36 Å². The number of hydrogen-bond donors (Lipinski definition) is 1. The van der Waals surface area contributed by atoms with Gasteiger partial charge in [0, 0.05) is 18.0 Å². The van der Waals surface area contributed by atoms with Gasteiger partial charge in [-0.25, -0.2) is 9.97 Å². The summed E-state index contributed by atoms with van der Waals surface area (Å²) in [5.74, 6) is -0.955. The lowest BCUT2D eigenvalue weighted by Gasteiger charge is -2.10.